The zero-order chi connectivity index (χ0) is 17.0. The summed E-state index contributed by atoms with van der Waals surface area (Å²) < 4.78 is 43.4. The summed E-state index contributed by atoms with van der Waals surface area (Å²) in [5, 5.41) is 2.90. The highest BCUT2D eigenvalue weighted by Crippen LogP contribution is 2.26. The highest BCUT2D eigenvalue weighted by molar-refractivity contribution is 5.95. The van der Waals surface area contributed by atoms with Crippen LogP contribution in [0.4, 0.5) is 19.0 Å². The Labute approximate surface area is 131 Å². The summed E-state index contributed by atoms with van der Waals surface area (Å²) in [6.45, 7) is -0.962. The molecule has 2 rings (SSSR count). The van der Waals surface area contributed by atoms with Crippen molar-refractivity contribution in [2.45, 2.75) is 44.2 Å². The summed E-state index contributed by atoms with van der Waals surface area (Å²) in [4.78, 5) is 15.1. The van der Waals surface area contributed by atoms with E-state index < -0.39 is 30.6 Å². The predicted molar refractivity (Wildman–Crippen MR) is 78.1 cm³/mol. The SMILES string of the molecule is NC(=O)c1cc(F)c(N[C@H]2CC[C@H](N)CC2)nc1OCC(F)F. The lowest BCUT2D eigenvalue weighted by atomic mass is 9.92. The normalized spacial score (nSPS) is 21.3. The summed E-state index contributed by atoms with van der Waals surface area (Å²) in [5.74, 6) is -2.36. The number of alkyl halides is 2. The zero-order valence-corrected chi connectivity index (χ0v) is 12.4. The largest absolute Gasteiger partial charge is 0.471 e. The van der Waals surface area contributed by atoms with Crippen molar-refractivity contribution in [3.05, 3.63) is 17.4 Å². The molecule has 23 heavy (non-hydrogen) atoms. The van der Waals surface area contributed by atoms with E-state index >= 15 is 0 Å². The van der Waals surface area contributed by atoms with Crippen molar-refractivity contribution in [3.8, 4) is 5.88 Å². The molecule has 0 unspecified atom stereocenters. The van der Waals surface area contributed by atoms with E-state index in [4.69, 9.17) is 16.2 Å². The molecular weight excluding hydrogens is 313 g/mol. The number of primary amides is 1. The van der Waals surface area contributed by atoms with Crippen molar-refractivity contribution in [1.29, 1.82) is 0 Å². The number of hydrogen-bond donors (Lipinski definition) is 3. The van der Waals surface area contributed by atoms with Crippen LogP contribution >= 0.6 is 0 Å². The number of pyridine rings is 1. The molecule has 6 nitrogen and oxygen atoms in total. The van der Waals surface area contributed by atoms with Crippen LogP contribution in [0.3, 0.4) is 0 Å². The van der Waals surface area contributed by atoms with Gasteiger partial charge in [0.2, 0.25) is 5.88 Å². The molecule has 0 atom stereocenters. The molecule has 128 valence electrons. The topological polar surface area (TPSA) is 103 Å². The van der Waals surface area contributed by atoms with Gasteiger partial charge in [0, 0.05) is 12.1 Å². The first-order chi connectivity index (χ1) is 10.9. The lowest BCUT2D eigenvalue weighted by Crippen LogP contribution is -2.33. The fourth-order valence-electron chi connectivity index (χ4n) is 2.46. The number of aromatic nitrogens is 1. The maximum atomic E-state index is 14.1. The van der Waals surface area contributed by atoms with Gasteiger partial charge < -0.3 is 21.5 Å². The van der Waals surface area contributed by atoms with Crippen molar-refractivity contribution < 1.29 is 22.7 Å². The van der Waals surface area contributed by atoms with E-state index in [1.165, 1.54) is 0 Å². The van der Waals surface area contributed by atoms with Gasteiger partial charge in [0.05, 0.1) is 0 Å². The van der Waals surface area contributed by atoms with Gasteiger partial charge >= 0.3 is 0 Å². The van der Waals surface area contributed by atoms with Gasteiger partial charge in [-0.3, -0.25) is 4.79 Å². The Morgan fingerprint density at radius 2 is 2.04 bits per heavy atom. The maximum Gasteiger partial charge on any atom is 0.272 e. The van der Waals surface area contributed by atoms with E-state index in [1.807, 2.05) is 0 Å². The van der Waals surface area contributed by atoms with Crippen molar-refractivity contribution >= 4 is 11.7 Å². The zero-order valence-electron chi connectivity index (χ0n) is 12.4. The van der Waals surface area contributed by atoms with Crippen LogP contribution in [0.2, 0.25) is 0 Å². The van der Waals surface area contributed by atoms with Crippen molar-refractivity contribution in [2.75, 3.05) is 11.9 Å². The number of halogens is 3. The molecule has 5 N–H and O–H groups in total. The standard InChI is InChI=1S/C14H19F3N4O2/c15-10-5-9(12(19)22)14(23-6-11(16)17)21-13(10)20-8-3-1-7(18)2-4-8/h5,7-8,11H,1-4,6,18H2,(H2,19,22)(H,20,21)/t7-,8-. The average Bonchev–Trinajstić information content (AvgIpc) is 2.49. The quantitative estimate of drug-likeness (QED) is 0.735. The molecule has 0 spiro atoms. The van der Waals surface area contributed by atoms with Crippen LogP contribution in [-0.2, 0) is 0 Å². The van der Waals surface area contributed by atoms with Gasteiger partial charge in [-0.1, -0.05) is 0 Å². The average molecular weight is 332 g/mol. The van der Waals surface area contributed by atoms with Gasteiger partial charge in [-0.15, -0.1) is 0 Å². The van der Waals surface area contributed by atoms with Gasteiger partial charge in [0.1, 0.15) is 5.56 Å². The molecule has 0 saturated heterocycles. The number of nitrogens with one attached hydrogen (secondary N) is 1. The first kappa shape index (κ1) is 17.3. The lowest BCUT2D eigenvalue weighted by Gasteiger charge is -2.27. The Hall–Kier alpha value is -2.03. The third-order valence-corrected chi connectivity index (χ3v) is 3.67. The molecule has 1 aliphatic carbocycles. The van der Waals surface area contributed by atoms with Crippen LogP contribution in [0, 0.1) is 5.82 Å². The Morgan fingerprint density at radius 1 is 1.39 bits per heavy atom. The van der Waals surface area contributed by atoms with E-state index in [2.05, 4.69) is 10.3 Å². The molecular formula is C14H19F3N4O2. The number of ether oxygens (including phenoxy) is 1. The summed E-state index contributed by atoms with van der Waals surface area (Å²) in [5.41, 5.74) is 10.5. The molecule has 0 aromatic carbocycles. The predicted octanol–water partition coefficient (Wildman–Crippen LogP) is 1.65. The second-order valence-electron chi connectivity index (χ2n) is 5.49. The third-order valence-electron chi connectivity index (χ3n) is 3.67. The van der Waals surface area contributed by atoms with Gasteiger partial charge in [-0.2, -0.15) is 4.98 Å². The van der Waals surface area contributed by atoms with Gasteiger partial charge in [0.25, 0.3) is 12.3 Å². The second kappa shape index (κ2) is 7.49. The molecule has 0 radical (unpaired) electrons. The van der Waals surface area contributed by atoms with Gasteiger partial charge in [-0.25, -0.2) is 13.2 Å². The van der Waals surface area contributed by atoms with Crippen LogP contribution in [0.25, 0.3) is 0 Å². The highest BCUT2D eigenvalue weighted by Gasteiger charge is 2.22. The first-order valence-electron chi connectivity index (χ1n) is 7.30. The number of nitrogens with zero attached hydrogens (tertiary/aromatic N) is 1. The van der Waals surface area contributed by atoms with Crippen molar-refractivity contribution in [3.63, 3.8) is 0 Å². The number of nitrogens with two attached hydrogens (primary N) is 2. The minimum atomic E-state index is -2.75. The van der Waals surface area contributed by atoms with Crippen LogP contribution in [-0.4, -0.2) is 36.0 Å². The maximum absolute atomic E-state index is 14.1. The molecule has 1 heterocycles. The minimum absolute atomic E-state index is 0.0285. The molecule has 1 saturated carbocycles. The fourth-order valence-corrected chi connectivity index (χ4v) is 2.46. The minimum Gasteiger partial charge on any atom is -0.471 e. The van der Waals surface area contributed by atoms with Crippen molar-refractivity contribution in [2.24, 2.45) is 11.5 Å². The van der Waals surface area contributed by atoms with Crippen LogP contribution in [0.5, 0.6) is 5.88 Å². The van der Waals surface area contributed by atoms with E-state index in [0.717, 1.165) is 31.7 Å². The Kier molecular flexibility index (Phi) is 5.64. The van der Waals surface area contributed by atoms with Crippen LogP contribution in [0.15, 0.2) is 6.07 Å². The van der Waals surface area contributed by atoms with E-state index in [9.17, 15) is 18.0 Å². The van der Waals surface area contributed by atoms with Crippen molar-refractivity contribution in [1.82, 2.24) is 4.98 Å². The summed E-state index contributed by atoms with van der Waals surface area (Å²) in [7, 11) is 0. The molecule has 0 aliphatic heterocycles. The smallest absolute Gasteiger partial charge is 0.272 e. The summed E-state index contributed by atoms with van der Waals surface area (Å²) >= 11 is 0. The number of hydrogen-bond acceptors (Lipinski definition) is 5. The molecule has 0 bridgehead atoms. The van der Waals surface area contributed by atoms with E-state index in [0.29, 0.717) is 0 Å². The molecule has 1 amide bonds. The molecule has 9 heteroatoms. The second-order valence-corrected chi connectivity index (χ2v) is 5.49. The van der Waals surface area contributed by atoms with Gasteiger partial charge in [0.15, 0.2) is 18.2 Å². The fraction of sp³-hybridized carbons (Fsp3) is 0.571. The monoisotopic (exact) mass is 332 g/mol. The third kappa shape index (κ3) is 4.72. The highest BCUT2D eigenvalue weighted by atomic mass is 19.3. The number of amides is 1. The van der Waals surface area contributed by atoms with Gasteiger partial charge in [-0.05, 0) is 31.7 Å². The number of carbonyl (C=O) groups is 1. The van der Waals surface area contributed by atoms with Crippen LogP contribution in [0.1, 0.15) is 36.0 Å². The summed E-state index contributed by atoms with van der Waals surface area (Å²) in [6, 6.07) is 0.944. The molecule has 1 fully saturated rings. The number of rotatable bonds is 6. The molecule has 1 aliphatic rings. The molecule has 1 aromatic heterocycles. The van der Waals surface area contributed by atoms with E-state index in [-0.39, 0.29) is 23.5 Å². The number of carbonyl (C=O) groups excluding carboxylic acids is 1. The Bertz CT molecular complexity index is 563. The Balaban J connectivity index is 2.18. The lowest BCUT2D eigenvalue weighted by molar-refractivity contribution is 0.0778. The summed E-state index contributed by atoms with van der Waals surface area (Å²) in [6.07, 6.45) is 0.333. The number of anilines is 1. The van der Waals surface area contributed by atoms with E-state index in [1.54, 1.807) is 0 Å². The first-order valence-corrected chi connectivity index (χ1v) is 7.30. The van der Waals surface area contributed by atoms with Crippen LogP contribution < -0.4 is 21.5 Å². The molecule has 1 aromatic rings. The Morgan fingerprint density at radius 3 is 2.61 bits per heavy atom.